The topological polar surface area (TPSA) is 53.2 Å². The molecule has 0 saturated heterocycles. The Morgan fingerprint density at radius 1 is 1.04 bits per heavy atom. The van der Waals surface area contributed by atoms with Crippen LogP contribution in [-0.4, -0.2) is 22.0 Å². The molecule has 0 aromatic heterocycles. The average molecular weight is 400 g/mol. The van der Waals surface area contributed by atoms with Crippen LogP contribution in [0.15, 0.2) is 48.5 Å². The van der Waals surface area contributed by atoms with Gasteiger partial charge in [0, 0.05) is 11.3 Å². The van der Waals surface area contributed by atoms with Crippen LogP contribution >= 0.6 is 35.4 Å². The van der Waals surface area contributed by atoms with Crippen molar-refractivity contribution in [1.82, 2.24) is 10.6 Å². The summed E-state index contributed by atoms with van der Waals surface area (Å²) in [6, 6.07) is 12.7. The van der Waals surface area contributed by atoms with Gasteiger partial charge in [-0.25, -0.2) is 4.39 Å². The Morgan fingerprint density at radius 3 is 2.20 bits per heavy atom. The largest absolute Gasteiger partial charge is 0.340 e. The molecule has 25 heavy (non-hydrogen) atoms. The molecule has 3 N–H and O–H groups in total. The van der Waals surface area contributed by atoms with Gasteiger partial charge in [0.15, 0.2) is 5.11 Å². The van der Waals surface area contributed by atoms with Gasteiger partial charge in [0.1, 0.15) is 16.8 Å². The minimum Gasteiger partial charge on any atom is -0.340 e. The molecule has 1 amide bonds. The molecule has 2 aromatic carbocycles. The molecule has 0 saturated carbocycles. The monoisotopic (exact) mass is 399 g/mol. The molecule has 0 bridgehead atoms. The summed E-state index contributed by atoms with van der Waals surface area (Å²) in [4.78, 5) is 11.3. The van der Waals surface area contributed by atoms with Crippen LogP contribution in [0, 0.1) is 12.7 Å². The molecule has 0 aliphatic heterocycles. The first kappa shape index (κ1) is 19.4. The summed E-state index contributed by atoms with van der Waals surface area (Å²) >= 11 is 17.0. The van der Waals surface area contributed by atoms with Crippen LogP contribution in [0.25, 0.3) is 0 Å². The highest BCUT2D eigenvalue weighted by atomic mass is 35.5. The van der Waals surface area contributed by atoms with Crippen LogP contribution in [-0.2, 0) is 0 Å². The van der Waals surface area contributed by atoms with Gasteiger partial charge >= 0.3 is 0 Å². The molecule has 0 aliphatic carbocycles. The Balaban J connectivity index is 1.97. The van der Waals surface area contributed by atoms with E-state index in [1.54, 1.807) is 12.1 Å². The van der Waals surface area contributed by atoms with E-state index in [-0.39, 0.29) is 16.8 Å². The standard InChI is InChI=1S/C17H16Cl2FN3OS/c1-10-2-4-11(5-3-10)16(24)22-15(14(18)19)23-17(25)21-13-8-6-12(20)7-9-13/h2-9,14-15H,1H3,(H,22,24)(H2,21,23,25). The third-order valence-electron chi connectivity index (χ3n) is 3.24. The van der Waals surface area contributed by atoms with E-state index in [4.69, 9.17) is 35.4 Å². The zero-order valence-corrected chi connectivity index (χ0v) is 15.6. The molecule has 0 aliphatic rings. The van der Waals surface area contributed by atoms with Gasteiger partial charge in [0.2, 0.25) is 0 Å². The fraction of sp³-hybridized carbons (Fsp3) is 0.176. The number of hydrogen-bond donors (Lipinski definition) is 3. The molecular weight excluding hydrogens is 384 g/mol. The number of carbonyl (C=O) groups is 1. The van der Waals surface area contributed by atoms with E-state index >= 15 is 0 Å². The summed E-state index contributed by atoms with van der Waals surface area (Å²) in [6.07, 6.45) is -0.808. The van der Waals surface area contributed by atoms with Crippen LogP contribution in [0.2, 0.25) is 0 Å². The number of thiocarbonyl (C=S) groups is 1. The number of aryl methyl sites for hydroxylation is 1. The summed E-state index contributed by atoms with van der Waals surface area (Å²) in [6.45, 7) is 1.93. The van der Waals surface area contributed by atoms with Crippen LogP contribution in [0.4, 0.5) is 10.1 Å². The highest BCUT2D eigenvalue weighted by Gasteiger charge is 2.21. The van der Waals surface area contributed by atoms with Crippen molar-refractivity contribution in [3.05, 3.63) is 65.5 Å². The molecular formula is C17H16Cl2FN3OS. The molecule has 0 heterocycles. The second kappa shape index (κ2) is 8.99. The molecule has 2 aromatic rings. The Bertz CT molecular complexity index is 739. The fourth-order valence-electron chi connectivity index (χ4n) is 1.93. The summed E-state index contributed by atoms with van der Waals surface area (Å²) < 4.78 is 12.9. The normalized spacial score (nSPS) is 11.7. The molecule has 2 rings (SSSR count). The maximum Gasteiger partial charge on any atom is 0.252 e. The van der Waals surface area contributed by atoms with Crippen LogP contribution in [0.3, 0.4) is 0 Å². The second-order valence-corrected chi connectivity index (χ2v) is 6.83. The lowest BCUT2D eigenvalue weighted by atomic mass is 10.1. The van der Waals surface area contributed by atoms with E-state index in [0.717, 1.165) is 5.56 Å². The maximum atomic E-state index is 12.9. The van der Waals surface area contributed by atoms with Crippen molar-refractivity contribution in [2.75, 3.05) is 5.32 Å². The number of anilines is 1. The third-order valence-corrected chi connectivity index (χ3v) is 3.96. The molecule has 1 unspecified atom stereocenters. The first-order valence-corrected chi connectivity index (χ1v) is 8.62. The zero-order chi connectivity index (χ0) is 18.4. The van der Waals surface area contributed by atoms with Gasteiger partial charge in [-0.2, -0.15) is 0 Å². The number of hydrogen-bond acceptors (Lipinski definition) is 2. The van der Waals surface area contributed by atoms with Crippen molar-refractivity contribution < 1.29 is 9.18 Å². The minimum atomic E-state index is -0.942. The van der Waals surface area contributed by atoms with E-state index in [1.807, 2.05) is 19.1 Å². The number of benzene rings is 2. The van der Waals surface area contributed by atoms with Gasteiger partial charge < -0.3 is 16.0 Å². The first-order valence-electron chi connectivity index (χ1n) is 7.34. The van der Waals surface area contributed by atoms with Crippen LogP contribution < -0.4 is 16.0 Å². The fourth-order valence-corrected chi connectivity index (χ4v) is 2.43. The van der Waals surface area contributed by atoms with E-state index < -0.39 is 11.0 Å². The molecule has 4 nitrogen and oxygen atoms in total. The average Bonchev–Trinajstić information content (AvgIpc) is 2.56. The molecule has 0 spiro atoms. The van der Waals surface area contributed by atoms with Crippen molar-refractivity contribution in [3.63, 3.8) is 0 Å². The maximum absolute atomic E-state index is 12.9. The van der Waals surface area contributed by atoms with Crippen molar-refractivity contribution in [1.29, 1.82) is 0 Å². The van der Waals surface area contributed by atoms with Crippen molar-refractivity contribution in [2.24, 2.45) is 0 Å². The summed E-state index contributed by atoms with van der Waals surface area (Å²) in [5.41, 5.74) is 2.11. The van der Waals surface area contributed by atoms with E-state index in [2.05, 4.69) is 16.0 Å². The molecule has 1 atom stereocenters. The van der Waals surface area contributed by atoms with Gasteiger partial charge in [0.05, 0.1) is 0 Å². The zero-order valence-electron chi connectivity index (χ0n) is 13.2. The van der Waals surface area contributed by atoms with Crippen molar-refractivity contribution in [3.8, 4) is 0 Å². The third kappa shape index (κ3) is 6.16. The van der Waals surface area contributed by atoms with E-state index in [1.165, 1.54) is 24.3 Å². The van der Waals surface area contributed by atoms with Crippen LogP contribution in [0.1, 0.15) is 15.9 Å². The molecule has 8 heteroatoms. The highest BCUT2D eigenvalue weighted by Crippen LogP contribution is 2.11. The second-order valence-electron chi connectivity index (χ2n) is 5.26. The van der Waals surface area contributed by atoms with Gasteiger partial charge in [-0.1, -0.05) is 17.7 Å². The number of alkyl halides is 2. The quantitative estimate of drug-likeness (QED) is 0.404. The number of rotatable bonds is 5. The molecule has 0 fully saturated rings. The number of nitrogens with one attached hydrogen (secondary N) is 3. The Labute approximate surface area is 160 Å². The number of carbonyl (C=O) groups excluding carboxylic acids is 1. The van der Waals surface area contributed by atoms with Gasteiger partial charge in [0.25, 0.3) is 5.91 Å². The molecule has 0 radical (unpaired) electrons. The highest BCUT2D eigenvalue weighted by molar-refractivity contribution is 7.80. The first-order chi connectivity index (χ1) is 11.8. The van der Waals surface area contributed by atoms with Crippen LogP contribution in [0.5, 0.6) is 0 Å². The van der Waals surface area contributed by atoms with Gasteiger partial charge in [-0.15, -0.1) is 23.2 Å². The van der Waals surface area contributed by atoms with Gasteiger partial charge in [-0.05, 0) is 55.5 Å². The lowest BCUT2D eigenvalue weighted by Gasteiger charge is -2.23. The Morgan fingerprint density at radius 2 is 1.64 bits per heavy atom. The predicted octanol–water partition coefficient (Wildman–Crippen LogP) is 3.98. The Hall–Kier alpha value is -1.89. The smallest absolute Gasteiger partial charge is 0.252 e. The van der Waals surface area contributed by atoms with E-state index in [0.29, 0.717) is 11.3 Å². The number of amides is 1. The minimum absolute atomic E-state index is 0.187. The van der Waals surface area contributed by atoms with Crippen molar-refractivity contribution >= 4 is 52.1 Å². The lowest BCUT2D eigenvalue weighted by molar-refractivity contribution is 0.0936. The SMILES string of the molecule is Cc1ccc(C(=O)NC(NC(=S)Nc2ccc(F)cc2)C(Cl)Cl)cc1. The summed E-state index contributed by atoms with van der Waals surface area (Å²) in [7, 11) is 0. The molecule has 132 valence electrons. The number of halogens is 3. The predicted molar refractivity (Wildman–Crippen MR) is 104 cm³/mol. The summed E-state index contributed by atoms with van der Waals surface area (Å²) in [5.74, 6) is -0.692. The Kier molecular flexibility index (Phi) is 6.99. The summed E-state index contributed by atoms with van der Waals surface area (Å²) in [5, 5.41) is 8.55. The van der Waals surface area contributed by atoms with E-state index in [9.17, 15) is 9.18 Å². The van der Waals surface area contributed by atoms with Crippen molar-refractivity contribution in [2.45, 2.75) is 17.9 Å². The lowest BCUT2D eigenvalue weighted by Crippen LogP contribution is -2.52. The van der Waals surface area contributed by atoms with Gasteiger partial charge in [-0.3, -0.25) is 4.79 Å².